The second-order valence-corrected chi connectivity index (χ2v) is 6.71. The van der Waals surface area contributed by atoms with Gasteiger partial charge in [-0.3, -0.25) is 9.59 Å². The molecule has 0 unspecified atom stereocenters. The van der Waals surface area contributed by atoms with Gasteiger partial charge in [-0.25, -0.2) is 4.79 Å². The third kappa shape index (κ3) is 5.19. The van der Waals surface area contributed by atoms with Gasteiger partial charge in [-0.1, -0.05) is 29.8 Å². The Bertz CT molecular complexity index is 772. The highest BCUT2D eigenvalue weighted by Gasteiger charge is 2.37. The summed E-state index contributed by atoms with van der Waals surface area (Å²) in [4.78, 5) is 39.0. The minimum Gasteiger partial charge on any atom is -0.463 e. The van der Waals surface area contributed by atoms with Gasteiger partial charge in [0.05, 0.1) is 18.8 Å². The number of methoxy groups -OCH3 is 1. The van der Waals surface area contributed by atoms with Crippen LogP contribution in [0.2, 0.25) is 0 Å². The molecule has 1 aliphatic rings. The third-order valence-corrected chi connectivity index (χ3v) is 4.69. The van der Waals surface area contributed by atoms with E-state index in [-0.39, 0.29) is 37.3 Å². The number of carbonyl (C=O) groups excluding carboxylic acids is 3. The van der Waals surface area contributed by atoms with Gasteiger partial charge in [0.25, 0.3) is 0 Å². The number of benzene rings is 1. The Morgan fingerprint density at radius 1 is 1.29 bits per heavy atom. The molecule has 0 bridgehead atoms. The van der Waals surface area contributed by atoms with Gasteiger partial charge in [0.2, 0.25) is 11.8 Å². The number of nitrogens with one attached hydrogen (secondary N) is 1. The Kier molecular flexibility index (Phi) is 7.75. The fourth-order valence-corrected chi connectivity index (χ4v) is 3.34. The monoisotopic (exact) mass is 388 g/mol. The van der Waals surface area contributed by atoms with Gasteiger partial charge < -0.3 is 19.7 Å². The molecule has 7 nitrogen and oxygen atoms in total. The summed E-state index contributed by atoms with van der Waals surface area (Å²) in [6.07, 6.45) is 0.111. The van der Waals surface area contributed by atoms with Crippen molar-refractivity contribution in [1.82, 2.24) is 10.2 Å². The molecule has 1 N–H and O–H groups in total. The summed E-state index contributed by atoms with van der Waals surface area (Å²) >= 11 is 0. The highest BCUT2D eigenvalue weighted by molar-refractivity contribution is 5.97. The molecular weight excluding hydrogens is 360 g/mol. The maximum atomic E-state index is 12.8. The number of carbonyl (C=O) groups is 3. The van der Waals surface area contributed by atoms with Crippen LogP contribution in [0.25, 0.3) is 0 Å². The van der Waals surface area contributed by atoms with Gasteiger partial charge in [0.15, 0.2) is 0 Å². The van der Waals surface area contributed by atoms with Gasteiger partial charge in [0.1, 0.15) is 6.54 Å². The Morgan fingerprint density at radius 3 is 2.68 bits per heavy atom. The van der Waals surface area contributed by atoms with E-state index in [4.69, 9.17) is 9.47 Å². The standard InChI is InChI=1S/C21H28N2O5/c1-5-28-21(26)20-15(3)23(13-18(24)22-9-10-27-4)19(25)12-17(20)16-8-6-7-14(2)11-16/h6-8,11,17H,5,9-10,12-13H2,1-4H3,(H,22,24)/t17-/m1/s1. The lowest BCUT2D eigenvalue weighted by Crippen LogP contribution is -2.44. The van der Waals surface area contributed by atoms with E-state index < -0.39 is 5.97 Å². The zero-order valence-corrected chi connectivity index (χ0v) is 16.9. The summed E-state index contributed by atoms with van der Waals surface area (Å²) in [5, 5.41) is 2.69. The number of esters is 1. The van der Waals surface area contributed by atoms with Crippen molar-refractivity contribution in [3.8, 4) is 0 Å². The summed E-state index contributed by atoms with van der Waals surface area (Å²) in [6.45, 7) is 6.23. The van der Waals surface area contributed by atoms with Crippen LogP contribution in [-0.2, 0) is 23.9 Å². The van der Waals surface area contributed by atoms with E-state index in [1.165, 1.54) is 4.90 Å². The first kappa shape index (κ1) is 21.6. The molecule has 2 rings (SSSR count). The summed E-state index contributed by atoms with van der Waals surface area (Å²) in [5.41, 5.74) is 2.82. The molecule has 0 aliphatic carbocycles. The maximum absolute atomic E-state index is 12.8. The topological polar surface area (TPSA) is 84.9 Å². The molecule has 1 heterocycles. The quantitative estimate of drug-likeness (QED) is 0.543. The lowest BCUT2D eigenvalue weighted by atomic mass is 9.83. The molecule has 7 heteroatoms. The third-order valence-electron chi connectivity index (χ3n) is 4.69. The van der Waals surface area contributed by atoms with Crippen molar-refractivity contribution in [3.05, 3.63) is 46.7 Å². The lowest BCUT2D eigenvalue weighted by Gasteiger charge is -2.34. The fourth-order valence-electron chi connectivity index (χ4n) is 3.34. The second-order valence-electron chi connectivity index (χ2n) is 6.71. The molecule has 1 atom stereocenters. The highest BCUT2D eigenvalue weighted by Crippen LogP contribution is 2.37. The fraction of sp³-hybridized carbons (Fsp3) is 0.476. The van der Waals surface area contributed by atoms with Gasteiger partial charge in [-0.05, 0) is 26.3 Å². The summed E-state index contributed by atoms with van der Waals surface area (Å²) < 4.78 is 10.2. The molecule has 28 heavy (non-hydrogen) atoms. The molecule has 1 aromatic rings. The van der Waals surface area contributed by atoms with E-state index in [9.17, 15) is 14.4 Å². The van der Waals surface area contributed by atoms with Crippen molar-refractivity contribution in [2.75, 3.05) is 33.4 Å². The molecule has 152 valence electrons. The van der Waals surface area contributed by atoms with Crippen molar-refractivity contribution in [2.45, 2.75) is 33.1 Å². The zero-order chi connectivity index (χ0) is 20.7. The number of hydrogen-bond donors (Lipinski definition) is 1. The van der Waals surface area contributed by atoms with Crippen molar-refractivity contribution in [3.63, 3.8) is 0 Å². The van der Waals surface area contributed by atoms with Crippen molar-refractivity contribution in [1.29, 1.82) is 0 Å². The van der Waals surface area contributed by atoms with E-state index in [1.54, 1.807) is 21.0 Å². The van der Waals surface area contributed by atoms with Crippen LogP contribution in [0.4, 0.5) is 0 Å². The Morgan fingerprint density at radius 2 is 2.04 bits per heavy atom. The smallest absolute Gasteiger partial charge is 0.336 e. The molecular formula is C21H28N2O5. The molecule has 0 saturated carbocycles. The normalized spacial score (nSPS) is 16.9. The Labute approximate surface area is 165 Å². The number of hydrogen-bond acceptors (Lipinski definition) is 5. The number of nitrogens with zero attached hydrogens (tertiary/aromatic N) is 1. The minimum atomic E-state index is -0.455. The number of aryl methyl sites for hydroxylation is 1. The molecule has 0 spiro atoms. The summed E-state index contributed by atoms with van der Waals surface area (Å²) in [5.74, 6) is -1.34. The van der Waals surface area contributed by atoms with Gasteiger partial charge in [-0.2, -0.15) is 0 Å². The number of allylic oxidation sites excluding steroid dienone is 1. The minimum absolute atomic E-state index is 0.111. The molecule has 1 aliphatic heterocycles. The van der Waals surface area contributed by atoms with Crippen molar-refractivity contribution >= 4 is 17.8 Å². The SMILES string of the molecule is CCOC(=O)C1=C(C)N(CC(=O)NCCOC)C(=O)C[C@@H]1c1cccc(C)c1. The van der Waals surface area contributed by atoms with Crippen LogP contribution in [0, 0.1) is 6.92 Å². The van der Waals surface area contributed by atoms with Crippen LogP contribution in [0.5, 0.6) is 0 Å². The first-order valence-corrected chi connectivity index (χ1v) is 9.39. The van der Waals surface area contributed by atoms with Crippen LogP contribution in [0.15, 0.2) is 35.5 Å². The van der Waals surface area contributed by atoms with Crippen LogP contribution in [0.1, 0.15) is 37.3 Å². The molecule has 0 saturated heterocycles. The average Bonchev–Trinajstić information content (AvgIpc) is 2.65. The van der Waals surface area contributed by atoms with E-state index in [0.29, 0.717) is 24.4 Å². The zero-order valence-electron chi connectivity index (χ0n) is 16.9. The second kappa shape index (κ2) is 10.0. The Hall–Kier alpha value is -2.67. The molecule has 0 fully saturated rings. The van der Waals surface area contributed by atoms with E-state index in [0.717, 1.165) is 11.1 Å². The van der Waals surface area contributed by atoms with Gasteiger partial charge in [-0.15, -0.1) is 0 Å². The van der Waals surface area contributed by atoms with Crippen LogP contribution in [0.3, 0.4) is 0 Å². The van der Waals surface area contributed by atoms with Crippen LogP contribution >= 0.6 is 0 Å². The van der Waals surface area contributed by atoms with Crippen LogP contribution < -0.4 is 5.32 Å². The number of rotatable bonds is 8. The lowest BCUT2D eigenvalue weighted by molar-refractivity contribution is -0.141. The van der Waals surface area contributed by atoms with E-state index in [2.05, 4.69) is 5.32 Å². The van der Waals surface area contributed by atoms with Gasteiger partial charge in [0, 0.05) is 31.7 Å². The molecule has 0 aromatic heterocycles. The average molecular weight is 388 g/mol. The largest absolute Gasteiger partial charge is 0.463 e. The predicted molar refractivity (Wildman–Crippen MR) is 104 cm³/mol. The van der Waals surface area contributed by atoms with Crippen LogP contribution in [-0.4, -0.2) is 56.1 Å². The molecule has 2 amide bonds. The highest BCUT2D eigenvalue weighted by atomic mass is 16.5. The maximum Gasteiger partial charge on any atom is 0.336 e. The first-order valence-electron chi connectivity index (χ1n) is 9.39. The van der Waals surface area contributed by atoms with Crippen molar-refractivity contribution < 1.29 is 23.9 Å². The molecule has 0 radical (unpaired) electrons. The summed E-state index contributed by atoms with van der Waals surface area (Å²) in [6, 6.07) is 7.75. The predicted octanol–water partition coefficient (Wildman–Crippen LogP) is 1.91. The molecule has 1 aromatic carbocycles. The summed E-state index contributed by atoms with van der Waals surface area (Å²) in [7, 11) is 1.55. The van der Waals surface area contributed by atoms with E-state index >= 15 is 0 Å². The van der Waals surface area contributed by atoms with Gasteiger partial charge >= 0.3 is 5.97 Å². The Balaban J connectivity index is 2.35. The number of ether oxygens (including phenoxy) is 2. The van der Waals surface area contributed by atoms with Crippen molar-refractivity contribution in [2.24, 2.45) is 0 Å². The van der Waals surface area contributed by atoms with E-state index in [1.807, 2.05) is 31.2 Å². The first-order chi connectivity index (χ1) is 13.4. The number of amides is 2.